The average molecular weight is 304 g/mol. The van der Waals surface area contributed by atoms with Gasteiger partial charge < -0.3 is 10.6 Å². The minimum Gasteiger partial charge on any atom is -0.357 e. The standard InChI is InChI=1S/C18H32N4/c1-5-13-20-18(19-6-2)21-14-12-16(3)22(4)15-17-10-8-7-9-11-17/h7-11,16H,5-6,12-15H2,1-4H3,(H2,19,20,21). The number of nitrogens with one attached hydrogen (secondary N) is 2. The molecule has 0 bridgehead atoms. The number of hydrogen-bond donors (Lipinski definition) is 2. The Hall–Kier alpha value is -1.55. The van der Waals surface area contributed by atoms with Gasteiger partial charge in [0.05, 0.1) is 0 Å². The van der Waals surface area contributed by atoms with Crippen molar-refractivity contribution in [2.24, 2.45) is 4.99 Å². The van der Waals surface area contributed by atoms with Gasteiger partial charge in [-0.15, -0.1) is 0 Å². The van der Waals surface area contributed by atoms with Crippen molar-refractivity contribution >= 4 is 5.96 Å². The van der Waals surface area contributed by atoms with Crippen LogP contribution in [0.2, 0.25) is 0 Å². The number of nitrogens with zero attached hydrogens (tertiary/aromatic N) is 2. The van der Waals surface area contributed by atoms with Gasteiger partial charge in [-0.1, -0.05) is 37.3 Å². The van der Waals surface area contributed by atoms with E-state index in [1.165, 1.54) is 5.56 Å². The summed E-state index contributed by atoms with van der Waals surface area (Å²) in [6.07, 6.45) is 2.17. The van der Waals surface area contributed by atoms with Crippen molar-refractivity contribution in [3.05, 3.63) is 35.9 Å². The quantitative estimate of drug-likeness (QED) is 0.544. The average Bonchev–Trinajstić information content (AvgIpc) is 2.53. The molecule has 0 saturated carbocycles. The Morgan fingerprint density at radius 3 is 2.55 bits per heavy atom. The van der Waals surface area contributed by atoms with Gasteiger partial charge in [-0.25, -0.2) is 0 Å². The van der Waals surface area contributed by atoms with E-state index in [0.29, 0.717) is 6.04 Å². The van der Waals surface area contributed by atoms with E-state index in [9.17, 15) is 0 Å². The second-order valence-corrected chi connectivity index (χ2v) is 5.73. The molecule has 1 atom stereocenters. The minimum absolute atomic E-state index is 0.529. The Balaban J connectivity index is 2.33. The summed E-state index contributed by atoms with van der Waals surface area (Å²) in [5.74, 6) is 0.933. The summed E-state index contributed by atoms with van der Waals surface area (Å²) < 4.78 is 0. The molecular formula is C18H32N4. The Morgan fingerprint density at radius 2 is 1.91 bits per heavy atom. The third-order valence-corrected chi connectivity index (χ3v) is 3.72. The molecule has 124 valence electrons. The summed E-state index contributed by atoms with van der Waals surface area (Å²) in [4.78, 5) is 6.92. The molecule has 0 aliphatic rings. The van der Waals surface area contributed by atoms with E-state index >= 15 is 0 Å². The van der Waals surface area contributed by atoms with E-state index < -0.39 is 0 Å². The smallest absolute Gasteiger partial charge is 0.191 e. The van der Waals surface area contributed by atoms with Crippen molar-refractivity contribution in [3.63, 3.8) is 0 Å². The van der Waals surface area contributed by atoms with Gasteiger partial charge in [0.2, 0.25) is 0 Å². The van der Waals surface area contributed by atoms with Crippen LogP contribution in [0.5, 0.6) is 0 Å². The molecule has 0 heterocycles. The van der Waals surface area contributed by atoms with Crippen LogP contribution in [0.15, 0.2) is 35.3 Å². The van der Waals surface area contributed by atoms with Crippen molar-refractivity contribution in [2.75, 3.05) is 26.7 Å². The van der Waals surface area contributed by atoms with Crippen LogP contribution in [-0.2, 0) is 6.54 Å². The number of hydrogen-bond acceptors (Lipinski definition) is 2. The molecule has 1 unspecified atom stereocenters. The molecule has 0 amide bonds. The van der Waals surface area contributed by atoms with Gasteiger partial charge in [-0.2, -0.15) is 0 Å². The summed E-state index contributed by atoms with van der Waals surface area (Å²) in [5, 5.41) is 6.70. The zero-order valence-corrected chi connectivity index (χ0v) is 14.6. The predicted octanol–water partition coefficient (Wildman–Crippen LogP) is 2.86. The number of benzene rings is 1. The van der Waals surface area contributed by atoms with Gasteiger partial charge in [0.15, 0.2) is 5.96 Å². The lowest BCUT2D eigenvalue weighted by molar-refractivity contribution is 0.238. The molecular weight excluding hydrogens is 272 g/mol. The zero-order valence-electron chi connectivity index (χ0n) is 14.6. The lowest BCUT2D eigenvalue weighted by atomic mass is 10.1. The van der Waals surface area contributed by atoms with E-state index in [1.54, 1.807) is 0 Å². The number of aliphatic imine (C=N–C) groups is 1. The summed E-state index contributed by atoms with van der Waals surface area (Å²) in [6, 6.07) is 11.2. The molecule has 1 aromatic rings. The first-order valence-corrected chi connectivity index (χ1v) is 8.43. The fourth-order valence-electron chi connectivity index (χ4n) is 2.21. The van der Waals surface area contributed by atoms with E-state index in [-0.39, 0.29) is 0 Å². The highest BCUT2D eigenvalue weighted by Gasteiger charge is 2.09. The second-order valence-electron chi connectivity index (χ2n) is 5.73. The fraction of sp³-hybridized carbons (Fsp3) is 0.611. The molecule has 0 aromatic heterocycles. The van der Waals surface area contributed by atoms with Crippen LogP contribution in [0.25, 0.3) is 0 Å². The third-order valence-electron chi connectivity index (χ3n) is 3.72. The molecule has 22 heavy (non-hydrogen) atoms. The summed E-state index contributed by atoms with van der Waals surface area (Å²) >= 11 is 0. The summed E-state index contributed by atoms with van der Waals surface area (Å²) in [5.41, 5.74) is 1.36. The molecule has 0 aliphatic carbocycles. The van der Waals surface area contributed by atoms with Gasteiger partial charge >= 0.3 is 0 Å². The van der Waals surface area contributed by atoms with Gasteiger partial charge in [0.1, 0.15) is 0 Å². The maximum Gasteiger partial charge on any atom is 0.191 e. The number of guanidine groups is 1. The van der Waals surface area contributed by atoms with E-state index in [1.807, 2.05) is 0 Å². The SMILES string of the molecule is CCCN=C(NCC)NCCC(C)N(C)Cc1ccccc1. The van der Waals surface area contributed by atoms with Crippen molar-refractivity contribution in [3.8, 4) is 0 Å². The molecule has 1 rings (SSSR count). The molecule has 0 fully saturated rings. The molecule has 4 nitrogen and oxygen atoms in total. The molecule has 0 aliphatic heterocycles. The fourth-order valence-corrected chi connectivity index (χ4v) is 2.21. The lowest BCUT2D eigenvalue weighted by Gasteiger charge is -2.25. The first-order chi connectivity index (χ1) is 10.7. The minimum atomic E-state index is 0.529. The van der Waals surface area contributed by atoms with Crippen LogP contribution >= 0.6 is 0 Å². The van der Waals surface area contributed by atoms with Crippen LogP contribution < -0.4 is 10.6 Å². The highest BCUT2D eigenvalue weighted by atomic mass is 15.2. The van der Waals surface area contributed by atoms with Crippen molar-refractivity contribution in [2.45, 2.75) is 46.2 Å². The van der Waals surface area contributed by atoms with Crippen LogP contribution in [-0.4, -0.2) is 43.6 Å². The first-order valence-electron chi connectivity index (χ1n) is 8.43. The van der Waals surface area contributed by atoms with Gasteiger partial charge in [-0.05, 0) is 39.3 Å². The zero-order chi connectivity index (χ0) is 16.2. The first kappa shape index (κ1) is 18.5. The van der Waals surface area contributed by atoms with Crippen LogP contribution in [0, 0.1) is 0 Å². The lowest BCUT2D eigenvalue weighted by Crippen LogP contribution is -2.40. The predicted molar refractivity (Wildman–Crippen MR) is 96.3 cm³/mol. The Morgan fingerprint density at radius 1 is 1.18 bits per heavy atom. The van der Waals surface area contributed by atoms with Crippen molar-refractivity contribution < 1.29 is 0 Å². The summed E-state index contributed by atoms with van der Waals surface area (Å²) in [6.45, 7) is 10.2. The van der Waals surface area contributed by atoms with E-state index in [2.05, 4.69) is 78.7 Å². The summed E-state index contributed by atoms with van der Waals surface area (Å²) in [7, 11) is 2.19. The highest BCUT2D eigenvalue weighted by Crippen LogP contribution is 2.07. The largest absolute Gasteiger partial charge is 0.357 e. The Bertz CT molecular complexity index is 416. The molecule has 2 N–H and O–H groups in total. The molecule has 0 saturated heterocycles. The van der Waals surface area contributed by atoms with Gasteiger partial charge in [0.25, 0.3) is 0 Å². The normalized spacial score (nSPS) is 13.2. The molecule has 0 radical (unpaired) electrons. The van der Waals surface area contributed by atoms with Gasteiger partial charge in [0, 0.05) is 32.2 Å². The van der Waals surface area contributed by atoms with E-state index in [4.69, 9.17) is 0 Å². The van der Waals surface area contributed by atoms with E-state index in [0.717, 1.165) is 45.0 Å². The molecule has 4 heteroatoms. The Labute approximate surface area is 136 Å². The van der Waals surface area contributed by atoms with Crippen LogP contribution in [0.4, 0.5) is 0 Å². The second kappa shape index (κ2) is 11.1. The van der Waals surface area contributed by atoms with Crippen LogP contribution in [0.3, 0.4) is 0 Å². The van der Waals surface area contributed by atoms with Crippen molar-refractivity contribution in [1.29, 1.82) is 0 Å². The van der Waals surface area contributed by atoms with Gasteiger partial charge in [-0.3, -0.25) is 9.89 Å². The maximum atomic E-state index is 4.52. The molecule has 1 aromatic carbocycles. The Kier molecular flexibility index (Phi) is 9.31. The third kappa shape index (κ3) is 7.46. The molecule has 0 spiro atoms. The topological polar surface area (TPSA) is 39.7 Å². The van der Waals surface area contributed by atoms with Crippen molar-refractivity contribution in [1.82, 2.24) is 15.5 Å². The maximum absolute atomic E-state index is 4.52. The van der Waals surface area contributed by atoms with Crippen LogP contribution in [0.1, 0.15) is 39.2 Å². The number of rotatable bonds is 9. The monoisotopic (exact) mass is 304 g/mol. The highest BCUT2D eigenvalue weighted by molar-refractivity contribution is 5.79.